The minimum absolute atomic E-state index is 0.215. The predicted molar refractivity (Wildman–Crippen MR) is 161 cm³/mol. The Labute approximate surface area is 238 Å². The highest BCUT2D eigenvalue weighted by Crippen LogP contribution is 2.30. The fourth-order valence-corrected chi connectivity index (χ4v) is 5.57. The van der Waals surface area contributed by atoms with Gasteiger partial charge in [-0.25, -0.2) is 0 Å². The van der Waals surface area contributed by atoms with Crippen LogP contribution in [0.25, 0.3) is 0 Å². The first-order chi connectivity index (χ1) is 18.6. The van der Waals surface area contributed by atoms with Crippen LogP contribution in [0, 0.1) is 6.92 Å². The molecule has 0 fully saturated rings. The van der Waals surface area contributed by atoms with E-state index in [9.17, 15) is 4.79 Å². The number of rotatable bonds is 18. The first-order valence-electron chi connectivity index (χ1n) is 14.3. The fourth-order valence-electron chi connectivity index (χ4n) is 4.56. The van der Waals surface area contributed by atoms with Gasteiger partial charge in [0, 0.05) is 18.2 Å². The number of carbonyl (C=O) groups is 1. The van der Waals surface area contributed by atoms with E-state index in [4.69, 9.17) is 16.3 Å². The number of hydrogen-bond donors (Lipinski definition) is 1. The second-order valence-corrected chi connectivity index (χ2v) is 11.3. The van der Waals surface area contributed by atoms with E-state index in [1.807, 2.05) is 24.3 Å². The Morgan fingerprint density at radius 2 is 1.53 bits per heavy atom. The third-order valence-corrected chi connectivity index (χ3v) is 8.05. The summed E-state index contributed by atoms with van der Waals surface area (Å²) in [6.07, 6.45) is 15.6. The quantitative estimate of drug-likeness (QED) is 0.125. The molecule has 0 saturated heterocycles. The lowest BCUT2D eigenvalue weighted by molar-refractivity contribution is -0.689. The molecule has 3 rings (SSSR count). The Balaban J connectivity index is 1.38. The molecule has 2 aromatic carbocycles. The van der Waals surface area contributed by atoms with Crippen molar-refractivity contribution < 1.29 is 14.1 Å². The zero-order valence-corrected chi connectivity index (χ0v) is 24.7. The molecule has 1 amide bonds. The summed E-state index contributed by atoms with van der Waals surface area (Å²) in [7, 11) is 0. The van der Waals surface area contributed by atoms with Crippen molar-refractivity contribution >= 4 is 34.5 Å². The van der Waals surface area contributed by atoms with E-state index in [2.05, 4.69) is 34.6 Å². The lowest BCUT2D eigenvalue weighted by Crippen LogP contribution is -2.34. The van der Waals surface area contributed by atoms with Crippen LogP contribution in [0.4, 0.5) is 5.69 Å². The molecule has 0 aliphatic carbocycles. The summed E-state index contributed by atoms with van der Waals surface area (Å²) >= 11 is 8.12. The average molecular weight is 556 g/mol. The largest absolute Gasteiger partial charge is 0.491 e. The highest BCUT2D eigenvalue weighted by Gasteiger charge is 2.16. The van der Waals surface area contributed by atoms with Crippen molar-refractivity contribution in [3.63, 3.8) is 0 Å². The van der Waals surface area contributed by atoms with Crippen LogP contribution in [0.5, 0.6) is 5.75 Å². The number of amides is 1. The second-order valence-electron chi connectivity index (χ2n) is 10.1. The van der Waals surface area contributed by atoms with Crippen molar-refractivity contribution in [2.45, 2.75) is 97.4 Å². The zero-order valence-electron chi connectivity index (χ0n) is 23.1. The van der Waals surface area contributed by atoms with Crippen LogP contribution in [0.15, 0.2) is 53.4 Å². The number of unbranched alkanes of at least 4 members (excludes halogenated alkanes) is 11. The predicted octanol–water partition coefficient (Wildman–Crippen LogP) is 9.38. The van der Waals surface area contributed by atoms with E-state index in [1.165, 1.54) is 75.5 Å². The molecule has 4 nitrogen and oxygen atoms in total. The van der Waals surface area contributed by atoms with Gasteiger partial charge in [-0.2, -0.15) is 4.57 Å². The summed E-state index contributed by atoms with van der Waals surface area (Å²) in [6, 6.07) is 13.3. The van der Waals surface area contributed by atoms with Gasteiger partial charge in [-0.1, -0.05) is 119 Å². The van der Waals surface area contributed by atoms with E-state index in [-0.39, 0.29) is 5.91 Å². The minimum atomic E-state index is -0.215. The van der Waals surface area contributed by atoms with Gasteiger partial charge >= 0.3 is 0 Å². The molecule has 0 saturated carbocycles. The van der Waals surface area contributed by atoms with E-state index < -0.39 is 0 Å². The number of aryl methyl sites for hydroxylation is 1. The van der Waals surface area contributed by atoms with E-state index >= 15 is 0 Å². The van der Waals surface area contributed by atoms with Crippen LogP contribution in [0.1, 0.15) is 106 Å². The molecule has 0 radical (unpaired) electrons. The molecule has 1 heterocycles. The first kappa shape index (κ1) is 30.2. The van der Waals surface area contributed by atoms with Gasteiger partial charge in [0.15, 0.2) is 18.0 Å². The number of thiazole rings is 1. The van der Waals surface area contributed by atoms with Gasteiger partial charge in [0.25, 0.3) is 5.91 Å². The van der Waals surface area contributed by atoms with Gasteiger partial charge in [0.1, 0.15) is 0 Å². The number of ether oxygens (including phenoxy) is 1. The van der Waals surface area contributed by atoms with Crippen molar-refractivity contribution in [3.05, 3.63) is 75.2 Å². The van der Waals surface area contributed by atoms with E-state index in [0.717, 1.165) is 25.1 Å². The third-order valence-electron chi connectivity index (χ3n) is 6.90. The molecular weight excluding hydrogens is 512 g/mol. The number of carbonyl (C=O) groups excluding carboxylic acids is 1. The van der Waals surface area contributed by atoms with Crippen LogP contribution >= 0.6 is 22.9 Å². The Morgan fingerprint density at radius 1 is 0.895 bits per heavy atom. The zero-order chi connectivity index (χ0) is 27.0. The maximum Gasteiger partial charge on any atom is 0.259 e. The Morgan fingerprint density at radius 3 is 2.13 bits per heavy atom. The van der Waals surface area contributed by atoms with Gasteiger partial charge in [-0.05, 0) is 30.7 Å². The summed E-state index contributed by atoms with van der Waals surface area (Å²) in [6.45, 7) is 5.75. The highest BCUT2D eigenvalue weighted by molar-refractivity contribution is 7.07. The summed E-state index contributed by atoms with van der Waals surface area (Å²) in [4.78, 5) is 13.1. The SMILES string of the molecule is CCCCCCCCCCCCCCOc1c(Cl)cccc1C(=O)Nc1ccc(C[n+]2cscc2C)cc1. The molecule has 1 N–H and O–H groups in total. The van der Waals surface area contributed by atoms with Crippen molar-refractivity contribution in [2.24, 2.45) is 0 Å². The van der Waals surface area contributed by atoms with Gasteiger partial charge in [0.05, 0.1) is 22.6 Å². The molecule has 0 bridgehead atoms. The van der Waals surface area contributed by atoms with Crippen LogP contribution in [-0.2, 0) is 6.54 Å². The van der Waals surface area contributed by atoms with E-state index in [0.29, 0.717) is 22.9 Å². The molecule has 0 atom stereocenters. The van der Waals surface area contributed by atoms with Gasteiger partial charge in [0.2, 0.25) is 5.51 Å². The lowest BCUT2D eigenvalue weighted by Gasteiger charge is -2.13. The number of halogens is 1. The topological polar surface area (TPSA) is 42.2 Å². The number of anilines is 1. The number of nitrogens with one attached hydrogen (secondary N) is 1. The van der Waals surface area contributed by atoms with Gasteiger partial charge in [-0.3, -0.25) is 4.79 Å². The summed E-state index contributed by atoms with van der Waals surface area (Å²) in [5.41, 5.74) is 5.75. The van der Waals surface area contributed by atoms with Crippen LogP contribution in [0.2, 0.25) is 5.02 Å². The smallest absolute Gasteiger partial charge is 0.259 e. The van der Waals surface area contributed by atoms with Crippen molar-refractivity contribution in [3.8, 4) is 5.75 Å². The number of hydrogen-bond acceptors (Lipinski definition) is 3. The molecular formula is C32H44ClN2O2S+. The third kappa shape index (κ3) is 10.4. The normalized spacial score (nSPS) is 11.0. The summed E-state index contributed by atoms with van der Waals surface area (Å²) in [5.74, 6) is 0.253. The lowest BCUT2D eigenvalue weighted by atomic mass is 10.1. The van der Waals surface area contributed by atoms with Crippen LogP contribution in [-0.4, -0.2) is 12.5 Å². The van der Waals surface area contributed by atoms with E-state index in [1.54, 1.807) is 29.5 Å². The Bertz CT molecular complexity index is 1100. The number of nitrogens with zero attached hydrogens (tertiary/aromatic N) is 1. The van der Waals surface area contributed by atoms with Crippen molar-refractivity contribution in [1.29, 1.82) is 0 Å². The Kier molecular flexibility index (Phi) is 13.7. The molecule has 6 heteroatoms. The first-order valence-corrected chi connectivity index (χ1v) is 15.6. The Hall–Kier alpha value is -2.37. The number of para-hydroxylation sites is 1. The number of aromatic nitrogens is 1. The standard InChI is InChI=1S/C32H43ClN2O2S/c1-3-4-5-6-7-8-9-10-11-12-13-14-22-37-31-29(16-15-17-30(31)33)32(36)34-28-20-18-27(19-21-28)23-35-25-38-24-26(35)2/h15-21,24-25H,3-14,22-23H2,1-2H3/p+1. The average Bonchev–Trinajstić information content (AvgIpc) is 3.32. The maximum atomic E-state index is 13.1. The minimum Gasteiger partial charge on any atom is -0.491 e. The monoisotopic (exact) mass is 555 g/mol. The van der Waals surface area contributed by atoms with Crippen LogP contribution < -0.4 is 14.6 Å². The maximum absolute atomic E-state index is 13.1. The summed E-state index contributed by atoms with van der Waals surface area (Å²) in [5, 5.41) is 5.59. The van der Waals surface area contributed by atoms with Gasteiger partial charge in [-0.15, -0.1) is 0 Å². The second kappa shape index (κ2) is 17.3. The fraction of sp³-hybridized carbons (Fsp3) is 0.500. The molecule has 206 valence electrons. The molecule has 1 aromatic heterocycles. The van der Waals surface area contributed by atoms with Crippen molar-refractivity contribution in [2.75, 3.05) is 11.9 Å². The molecule has 0 aliphatic rings. The summed E-state index contributed by atoms with van der Waals surface area (Å²) < 4.78 is 8.23. The van der Waals surface area contributed by atoms with Crippen molar-refractivity contribution in [1.82, 2.24) is 0 Å². The van der Waals surface area contributed by atoms with Gasteiger partial charge < -0.3 is 10.1 Å². The molecule has 0 spiro atoms. The molecule has 0 unspecified atom stereocenters. The van der Waals surface area contributed by atoms with Crippen LogP contribution in [0.3, 0.4) is 0 Å². The molecule has 0 aliphatic heterocycles. The molecule has 38 heavy (non-hydrogen) atoms. The highest BCUT2D eigenvalue weighted by atomic mass is 35.5. The molecule has 3 aromatic rings. The number of benzene rings is 2.